The number of nitrogens with zero attached hydrogens (tertiary/aromatic N) is 6. The molecular formula is C20H21F3N6O3. The van der Waals surface area contributed by atoms with Crippen molar-refractivity contribution >= 4 is 23.3 Å². The summed E-state index contributed by atoms with van der Waals surface area (Å²) in [5.41, 5.74) is 2.56. The quantitative estimate of drug-likeness (QED) is 0.598. The molecule has 3 aromatic heterocycles. The van der Waals surface area contributed by atoms with Crippen LogP contribution in [-0.2, 0) is 17.8 Å². The number of unbranched alkanes of at least 4 members (excludes halogenated alkanes) is 2. The average Bonchev–Trinajstić information content (AvgIpc) is 3.36. The van der Waals surface area contributed by atoms with Gasteiger partial charge in [-0.25, -0.2) is 14.2 Å². The van der Waals surface area contributed by atoms with Crippen molar-refractivity contribution in [2.45, 2.75) is 52.3 Å². The summed E-state index contributed by atoms with van der Waals surface area (Å²) < 4.78 is 35.4. The summed E-state index contributed by atoms with van der Waals surface area (Å²) in [6, 6.07) is 3.85. The average molecular weight is 450 g/mol. The molecule has 3 aromatic rings. The van der Waals surface area contributed by atoms with Crippen molar-refractivity contribution in [2.75, 3.05) is 0 Å². The number of aliphatic carboxylic acids is 1. The van der Waals surface area contributed by atoms with Crippen molar-refractivity contribution in [3.63, 3.8) is 0 Å². The van der Waals surface area contributed by atoms with E-state index < -0.39 is 12.1 Å². The summed E-state index contributed by atoms with van der Waals surface area (Å²) in [7, 11) is 0. The van der Waals surface area contributed by atoms with Gasteiger partial charge in [0.2, 0.25) is 5.78 Å². The summed E-state index contributed by atoms with van der Waals surface area (Å²) in [6.07, 6.45) is 2.22. The highest BCUT2D eigenvalue weighted by molar-refractivity contribution is 6.06. The van der Waals surface area contributed by atoms with Crippen LogP contribution in [0.2, 0.25) is 0 Å². The van der Waals surface area contributed by atoms with Crippen LogP contribution in [0.25, 0.3) is 5.78 Å². The Kier molecular flexibility index (Phi) is 6.70. The van der Waals surface area contributed by atoms with Crippen molar-refractivity contribution in [2.24, 2.45) is 4.99 Å². The highest BCUT2D eigenvalue weighted by atomic mass is 19.4. The molecule has 0 amide bonds. The lowest BCUT2D eigenvalue weighted by molar-refractivity contribution is -0.192. The second kappa shape index (κ2) is 9.28. The van der Waals surface area contributed by atoms with Gasteiger partial charge in [-0.15, -0.1) is 10.2 Å². The number of hydrogen-bond acceptors (Lipinski definition) is 6. The minimum absolute atomic E-state index is 0.0629. The third-order valence-electron chi connectivity index (χ3n) is 4.86. The molecule has 4 heterocycles. The molecule has 0 saturated carbocycles. The zero-order valence-electron chi connectivity index (χ0n) is 17.4. The first kappa shape index (κ1) is 23.1. The molecule has 0 aliphatic carbocycles. The number of alkyl halides is 3. The maximum Gasteiger partial charge on any atom is 0.490 e. The molecule has 0 aromatic carbocycles. The van der Waals surface area contributed by atoms with Crippen LogP contribution in [0, 0.1) is 6.92 Å². The molecule has 0 atom stereocenters. The molecule has 0 fully saturated rings. The molecule has 0 spiro atoms. The number of halogens is 3. The number of hydrogen-bond donors (Lipinski definition) is 1. The highest BCUT2D eigenvalue weighted by Gasteiger charge is 2.38. The molecule has 9 nitrogen and oxygen atoms in total. The lowest BCUT2D eigenvalue weighted by Gasteiger charge is -2.12. The number of rotatable bonds is 5. The normalized spacial score (nSPS) is 12.8. The van der Waals surface area contributed by atoms with E-state index in [2.05, 4.69) is 22.1 Å². The molecular weight excluding hydrogens is 429 g/mol. The molecule has 0 unspecified atom stereocenters. The molecule has 170 valence electrons. The topological polar surface area (TPSA) is 115 Å². The van der Waals surface area contributed by atoms with Gasteiger partial charge < -0.3 is 5.11 Å². The Bertz CT molecular complexity index is 1220. The Morgan fingerprint density at radius 1 is 1.19 bits per heavy atom. The fourth-order valence-corrected chi connectivity index (χ4v) is 3.31. The number of carboxylic acids is 1. The van der Waals surface area contributed by atoms with Crippen molar-refractivity contribution in [1.29, 1.82) is 0 Å². The number of fused-ring (bicyclic) bond motifs is 2. The zero-order chi connectivity index (χ0) is 23.5. The van der Waals surface area contributed by atoms with Gasteiger partial charge in [0.25, 0.3) is 5.56 Å². The van der Waals surface area contributed by atoms with Gasteiger partial charge in [0.1, 0.15) is 11.6 Å². The fourth-order valence-electron chi connectivity index (χ4n) is 3.31. The number of pyridine rings is 1. The van der Waals surface area contributed by atoms with Crippen molar-refractivity contribution in [3.05, 3.63) is 51.8 Å². The summed E-state index contributed by atoms with van der Waals surface area (Å²) in [4.78, 5) is 30.7. The van der Waals surface area contributed by atoms with Gasteiger partial charge in [-0.2, -0.15) is 13.2 Å². The van der Waals surface area contributed by atoms with E-state index >= 15 is 0 Å². The molecule has 0 bridgehead atoms. The Morgan fingerprint density at radius 3 is 2.44 bits per heavy atom. The molecule has 0 radical (unpaired) electrons. The highest BCUT2D eigenvalue weighted by Crippen LogP contribution is 2.28. The summed E-state index contributed by atoms with van der Waals surface area (Å²) >= 11 is 0. The number of aromatic nitrogens is 5. The van der Waals surface area contributed by atoms with Crippen molar-refractivity contribution in [3.8, 4) is 0 Å². The van der Waals surface area contributed by atoms with Gasteiger partial charge in [-0.3, -0.25) is 14.3 Å². The van der Waals surface area contributed by atoms with E-state index in [9.17, 15) is 18.0 Å². The maximum absolute atomic E-state index is 12.9. The number of carboxylic acid groups (broad SMARTS) is 1. The molecule has 1 N–H and O–H groups in total. The number of aliphatic imine (C=N–C) groups is 1. The van der Waals surface area contributed by atoms with Gasteiger partial charge in [-0.1, -0.05) is 19.8 Å². The second-order valence-corrected chi connectivity index (χ2v) is 7.12. The van der Waals surface area contributed by atoms with E-state index in [4.69, 9.17) is 14.9 Å². The molecule has 32 heavy (non-hydrogen) atoms. The van der Waals surface area contributed by atoms with Crippen LogP contribution >= 0.6 is 0 Å². The first-order valence-corrected chi connectivity index (χ1v) is 9.90. The molecule has 0 saturated heterocycles. The largest absolute Gasteiger partial charge is 0.490 e. The Hall–Kier alpha value is -3.57. The summed E-state index contributed by atoms with van der Waals surface area (Å²) in [5.74, 6) is -0.832. The smallest absolute Gasteiger partial charge is 0.475 e. The van der Waals surface area contributed by atoms with Crippen LogP contribution in [0.1, 0.15) is 43.1 Å². The Morgan fingerprint density at radius 2 is 1.84 bits per heavy atom. The van der Waals surface area contributed by atoms with E-state index in [-0.39, 0.29) is 5.56 Å². The minimum atomic E-state index is -5.08. The molecule has 12 heteroatoms. The van der Waals surface area contributed by atoms with Gasteiger partial charge in [0.15, 0.2) is 0 Å². The van der Waals surface area contributed by atoms with Crippen LogP contribution in [0.5, 0.6) is 0 Å². The Balaban J connectivity index is 0.000000360. The molecule has 1 aliphatic heterocycles. The third-order valence-corrected chi connectivity index (χ3v) is 4.86. The Labute approximate surface area is 180 Å². The monoisotopic (exact) mass is 450 g/mol. The number of aryl methyl sites for hydroxylation is 2. The van der Waals surface area contributed by atoms with Gasteiger partial charge >= 0.3 is 12.1 Å². The van der Waals surface area contributed by atoms with Gasteiger partial charge in [0.05, 0.1) is 11.3 Å². The summed E-state index contributed by atoms with van der Waals surface area (Å²) in [6.45, 7) is 4.77. The standard InChI is InChI=1S/C18H20N6O.C2HF3O2/c1-3-4-5-10-23-16-14(17(25)24-12(2)21-22-18(23)24)11-15(20-16)13-6-8-19-9-7-13;3-2(4,5)1(6)7/h6-9H,3-5,10-11H2,1-2H3;(H,6,7). The lowest BCUT2D eigenvalue weighted by Crippen LogP contribution is -2.23. The number of carbonyl (C=O) groups is 1. The first-order chi connectivity index (χ1) is 15.1. The van der Waals surface area contributed by atoms with Crippen molar-refractivity contribution < 1.29 is 23.1 Å². The SMILES string of the molecule is CCCCCn1c2c(c(=O)n3c(C)nnc13)CC(c1ccncc1)=N2.O=C(O)C(F)(F)F. The van der Waals surface area contributed by atoms with Gasteiger partial charge in [-0.05, 0) is 31.0 Å². The minimum Gasteiger partial charge on any atom is -0.475 e. The van der Waals surface area contributed by atoms with Crippen LogP contribution < -0.4 is 5.56 Å². The van der Waals surface area contributed by atoms with Crippen LogP contribution in [0.3, 0.4) is 0 Å². The van der Waals surface area contributed by atoms with Crippen molar-refractivity contribution in [1.82, 2.24) is 24.1 Å². The van der Waals surface area contributed by atoms with E-state index in [1.165, 1.54) is 0 Å². The van der Waals surface area contributed by atoms with Crippen LogP contribution in [0.15, 0.2) is 34.3 Å². The first-order valence-electron chi connectivity index (χ1n) is 9.90. The third kappa shape index (κ3) is 4.68. The predicted octanol–water partition coefficient (Wildman–Crippen LogP) is 3.09. The molecule has 1 aliphatic rings. The van der Waals surface area contributed by atoms with E-state index in [0.717, 1.165) is 48.5 Å². The van der Waals surface area contributed by atoms with Crippen LogP contribution in [0.4, 0.5) is 19.0 Å². The van der Waals surface area contributed by atoms with E-state index in [1.54, 1.807) is 16.8 Å². The zero-order valence-corrected chi connectivity index (χ0v) is 17.4. The summed E-state index contributed by atoms with van der Waals surface area (Å²) in [5, 5.41) is 15.5. The maximum atomic E-state index is 12.9. The van der Waals surface area contributed by atoms with Gasteiger partial charge in [0, 0.05) is 25.4 Å². The molecule has 4 rings (SSSR count). The second-order valence-electron chi connectivity index (χ2n) is 7.12. The fraction of sp³-hybridized carbons (Fsp3) is 0.400. The lowest BCUT2D eigenvalue weighted by atomic mass is 10.1. The van der Waals surface area contributed by atoms with E-state index in [0.29, 0.717) is 18.0 Å². The van der Waals surface area contributed by atoms with E-state index in [1.807, 2.05) is 23.6 Å². The van der Waals surface area contributed by atoms with Crippen LogP contribution in [-0.4, -0.2) is 47.1 Å². The predicted molar refractivity (Wildman–Crippen MR) is 109 cm³/mol.